The highest BCUT2D eigenvalue weighted by Crippen LogP contribution is 2.33. The zero-order valence-electron chi connectivity index (χ0n) is 10.1. The minimum absolute atomic E-state index is 0.0598. The molecule has 2 aliphatic rings. The smallest absolute Gasteiger partial charge is 0.216 e. The molecule has 1 N–H and O–H groups in total. The van der Waals surface area contributed by atoms with Crippen molar-refractivity contribution < 1.29 is 8.42 Å². The molecule has 2 unspecified atom stereocenters. The van der Waals surface area contributed by atoms with Gasteiger partial charge >= 0.3 is 0 Å². The lowest BCUT2D eigenvalue weighted by Gasteiger charge is -2.36. The summed E-state index contributed by atoms with van der Waals surface area (Å²) in [6.07, 6.45) is 2.68. The lowest BCUT2D eigenvalue weighted by molar-refractivity contribution is 0.222. The van der Waals surface area contributed by atoms with Crippen molar-refractivity contribution in [2.24, 2.45) is 5.92 Å². The van der Waals surface area contributed by atoms with Crippen LogP contribution in [0.15, 0.2) is 0 Å². The molecule has 94 valence electrons. The number of nitrogens with zero attached hydrogens (tertiary/aromatic N) is 1. The van der Waals surface area contributed by atoms with Gasteiger partial charge in [0.05, 0.1) is 5.25 Å². The average Bonchev–Trinajstić information content (AvgIpc) is 3.04. The van der Waals surface area contributed by atoms with E-state index >= 15 is 0 Å². The predicted molar refractivity (Wildman–Crippen MR) is 64.8 cm³/mol. The standard InChI is InChI=1S/C11H22N2O2S/c1-3-12-11-6-7-13(8-9(11)2)16(14,15)10-4-5-10/h9-12H,3-8H2,1-2H3. The minimum Gasteiger partial charge on any atom is -0.314 e. The molecule has 1 aliphatic carbocycles. The number of hydrogen-bond acceptors (Lipinski definition) is 3. The minimum atomic E-state index is -2.95. The van der Waals surface area contributed by atoms with Crippen LogP contribution in [0.2, 0.25) is 0 Å². The van der Waals surface area contributed by atoms with Crippen LogP contribution < -0.4 is 5.32 Å². The Morgan fingerprint density at radius 2 is 2.00 bits per heavy atom. The fourth-order valence-electron chi connectivity index (χ4n) is 2.48. The van der Waals surface area contributed by atoms with E-state index in [0.29, 0.717) is 25.0 Å². The first-order valence-electron chi connectivity index (χ1n) is 6.28. The molecule has 1 saturated heterocycles. The molecule has 2 atom stereocenters. The largest absolute Gasteiger partial charge is 0.314 e. The highest BCUT2D eigenvalue weighted by Gasteiger charge is 2.42. The highest BCUT2D eigenvalue weighted by molar-refractivity contribution is 7.90. The fraction of sp³-hybridized carbons (Fsp3) is 1.00. The molecule has 2 fully saturated rings. The topological polar surface area (TPSA) is 49.4 Å². The SMILES string of the molecule is CCNC1CCN(S(=O)(=O)C2CC2)CC1C. The van der Waals surface area contributed by atoms with Gasteiger partial charge < -0.3 is 5.32 Å². The highest BCUT2D eigenvalue weighted by atomic mass is 32.2. The summed E-state index contributed by atoms with van der Waals surface area (Å²) in [5.74, 6) is 0.419. The van der Waals surface area contributed by atoms with Gasteiger partial charge in [-0.25, -0.2) is 12.7 Å². The van der Waals surface area contributed by atoms with E-state index in [1.54, 1.807) is 4.31 Å². The molecule has 0 aromatic heterocycles. The van der Waals surface area contributed by atoms with Crippen LogP contribution in [-0.4, -0.2) is 43.6 Å². The van der Waals surface area contributed by atoms with E-state index in [9.17, 15) is 8.42 Å². The predicted octanol–water partition coefficient (Wildman–Crippen LogP) is 0.798. The zero-order chi connectivity index (χ0) is 11.8. The summed E-state index contributed by atoms with van der Waals surface area (Å²) in [4.78, 5) is 0. The van der Waals surface area contributed by atoms with E-state index < -0.39 is 10.0 Å². The van der Waals surface area contributed by atoms with Crippen LogP contribution in [0.25, 0.3) is 0 Å². The molecule has 5 heteroatoms. The van der Waals surface area contributed by atoms with E-state index in [1.165, 1.54) is 0 Å². The Bertz CT molecular complexity index is 338. The van der Waals surface area contributed by atoms with E-state index in [-0.39, 0.29) is 5.25 Å². The van der Waals surface area contributed by atoms with Gasteiger partial charge in [0, 0.05) is 19.1 Å². The van der Waals surface area contributed by atoms with Gasteiger partial charge in [-0.05, 0) is 31.7 Å². The monoisotopic (exact) mass is 246 g/mol. The van der Waals surface area contributed by atoms with Crippen molar-refractivity contribution in [1.29, 1.82) is 0 Å². The molecule has 1 saturated carbocycles. The molecule has 0 radical (unpaired) electrons. The van der Waals surface area contributed by atoms with Gasteiger partial charge in [0.2, 0.25) is 10.0 Å². The maximum atomic E-state index is 12.1. The molecular weight excluding hydrogens is 224 g/mol. The van der Waals surface area contributed by atoms with E-state index in [4.69, 9.17) is 0 Å². The third-order valence-corrected chi connectivity index (χ3v) is 6.01. The number of sulfonamides is 1. The molecule has 16 heavy (non-hydrogen) atoms. The first-order chi connectivity index (χ1) is 7.55. The van der Waals surface area contributed by atoms with Crippen molar-refractivity contribution in [3.63, 3.8) is 0 Å². The van der Waals surface area contributed by atoms with Crippen LogP contribution in [-0.2, 0) is 10.0 Å². The molecule has 0 aromatic carbocycles. The second-order valence-corrected chi connectivity index (χ2v) is 7.25. The molecule has 0 aromatic rings. The van der Waals surface area contributed by atoms with Crippen molar-refractivity contribution in [2.45, 2.75) is 44.4 Å². The molecule has 0 amide bonds. The third kappa shape index (κ3) is 2.41. The van der Waals surface area contributed by atoms with Gasteiger partial charge in [0.1, 0.15) is 0 Å². The normalized spacial score (nSPS) is 32.9. The Labute approximate surface area is 98.4 Å². The summed E-state index contributed by atoms with van der Waals surface area (Å²) >= 11 is 0. The van der Waals surface area contributed by atoms with Crippen molar-refractivity contribution >= 4 is 10.0 Å². The molecule has 0 bridgehead atoms. The third-order valence-electron chi connectivity index (χ3n) is 3.64. The van der Waals surface area contributed by atoms with Crippen LogP contribution in [0.1, 0.15) is 33.1 Å². The van der Waals surface area contributed by atoms with Gasteiger partial charge in [-0.3, -0.25) is 0 Å². The summed E-state index contributed by atoms with van der Waals surface area (Å²) in [5, 5.41) is 3.37. The zero-order valence-corrected chi connectivity index (χ0v) is 11.0. The summed E-state index contributed by atoms with van der Waals surface area (Å²) in [5.41, 5.74) is 0. The Hall–Kier alpha value is -0.130. The lowest BCUT2D eigenvalue weighted by Crippen LogP contribution is -2.50. The maximum Gasteiger partial charge on any atom is 0.216 e. The van der Waals surface area contributed by atoms with Crippen molar-refractivity contribution in [1.82, 2.24) is 9.62 Å². The van der Waals surface area contributed by atoms with E-state index in [0.717, 1.165) is 25.8 Å². The van der Waals surface area contributed by atoms with Gasteiger partial charge in [-0.15, -0.1) is 0 Å². The summed E-state index contributed by atoms with van der Waals surface area (Å²) in [6, 6.07) is 0.482. The number of piperidine rings is 1. The summed E-state index contributed by atoms with van der Waals surface area (Å²) < 4.78 is 25.8. The Morgan fingerprint density at radius 1 is 1.31 bits per heavy atom. The van der Waals surface area contributed by atoms with E-state index in [2.05, 4.69) is 19.2 Å². The van der Waals surface area contributed by atoms with Gasteiger partial charge in [0.25, 0.3) is 0 Å². The molecular formula is C11H22N2O2S. The van der Waals surface area contributed by atoms with Crippen LogP contribution >= 0.6 is 0 Å². The van der Waals surface area contributed by atoms with Gasteiger partial charge in [-0.1, -0.05) is 13.8 Å². The molecule has 2 rings (SSSR count). The van der Waals surface area contributed by atoms with Crippen LogP contribution in [0, 0.1) is 5.92 Å². The first kappa shape index (κ1) is 12.3. The van der Waals surface area contributed by atoms with Crippen LogP contribution in [0.4, 0.5) is 0 Å². The average molecular weight is 246 g/mol. The second-order valence-electron chi connectivity index (χ2n) is 5.03. The van der Waals surface area contributed by atoms with Gasteiger partial charge in [-0.2, -0.15) is 0 Å². The molecule has 4 nitrogen and oxygen atoms in total. The molecule has 1 heterocycles. The lowest BCUT2D eigenvalue weighted by atomic mass is 9.95. The van der Waals surface area contributed by atoms with Crippen molar-refractivity contribution in [3.8, 4) is 0 Å². The van der Waals surface area contributed by atoms with Gasteiger partial charge in [0.15, 0.2) is 0 Å². The molecule has 1 aliphatic heterocycles. The Balaban J connectivity index is 1.96. The quantitative estimate of drug-likeness (QED) is 0.798. The fourth-order valence-corrected chi connectivity index (χ4v) is 4.44. The number of rotatable bonds is 4. The first-order valence-corrected chi connectivity index (χ1v) is 7.78. The van der Waals surface area contributed by atoms with Crippen molar-refractivity contribution in [2.75, 3.05) is 19.6 Å². The van der Waals surface area contributed by atoms with Crippen LogP contribution in [0.3, 0.4) is 0 Å². The number of nitrogens with one attached hydrogen (secondary N) is 1. The summed E-state index contributed by atoms with van der Waals surface area (Å²) in [6.45, 7) is 6.59. The Morgan fingerprint density at radius 3 is 2.50 bits per heavy atom. The van der Waals surface area contributed by atoms with Crippen molar-refractivity contribution in [3.05, 3.63) is 0 Å². The Kier molecular flexibility index (Phi) is 3.56. The molecule has 0 spiro atoms. The maximum absolute atomic E-state index is 12.1. The second kappa shape index (κ2) is 4.63. The van der Waals surface area contributed by atoms with Crippen LogP contribution in [0.5, 0.6) is 0 Å². The van der Waals surface area contributed by atoms with E-state index in [1.807, 2.05) is 0 Å². The summed E-state index contributed by atoms with van der Waals surface area (Å²) in [7, 11) is -2.95. The number of hydrogen-bond donors (Lipinski definition) is 1.